The van der Waals surface area contributed by atoms with E-state index in [9.17, 15) is 17.6 Å². The lowest BCUT2D eigenvalue weighted by Gasteiger charge is -2.38. The Morgan fingerprint density at radius 2 is 2.13 bits per heavy atom. The fourth-order valence-electron chi connectivity index (χ4n) is 3.41. The van der Waals surface area contributed by atoms with Gasteiger partial charge in [0.25, 0.3) is 5.91 Å². The van der Waals surface area contributed by atoms with E-state index in [4.69, 9.17) is 21.6 Å². The number of carbonyl (C=O) groups is 1. The van der Waals surface area contributed by atoms with Gasteiger partial charge >= 0.3 is 0 Å². The maximum atomic E-state index is 13.5. The highest BCUT2D eigenvalue weighted by Crippen LogP contribution is 2.37. The summed E-state index contributed by atoms with van der Waals surface area (Å²) in [6.45, 7) is 2.44. The second-order valence-electron chi connectivity index (χ2n) is 7.31. The maximum Gasteiger partial charge on any atom is 0.273 e. The summed E-state index contributed by atoms with van der Waals surface area (Å²) in [6.07, 6.45) is 3.30. The molecule has 0 aliphatic carbocycles. The van der Waals surface area contributed by atoms with Gasteiger partial charge in [0.05, 0.1) is 35.0 Å². The molecular formula is C19H16ClFN4O4S. The Morgan fingerprint density at radius 1 is 1.40 bits per heavy atom. The molecule has 8 nitrogen and oxygen atoms in total. The Kier molecular flexibility index (Phi) is 4.94. The van der Waals surface area contributed by atoms with Crippen molar-refractivity contribution in [3.05, 3.63) is 52.1 Å². The molecule has 1 fully saturated rings. The summed E-state index contributed by atoms with van der Waals surface area (Å²) in [7, 11) is -4.04. The number of fused-ring (bicyclic) bond motifs is 1. The van der Waals surface area contributed by atoms with E-state index in [1.54, 1.807) is 25.1 Å². The molecule has 3 heterocycles. The first-order valence-electron chi connectivity index (χ1n) is 8.86. The molecule has 156 valence electrons. The lowest BCUT2D eigenvalue weighted by Crippen LogP contribution is -2.59. The zero-order chi connectivity index (χ0) is 21.7. The van der Waals surface area contributed by atoms with Crippen LogP contribution in [0.4, 0.5) is 10.1 Å². The summed E-state index contributed by atoms with van der Waals surface area (Å²) in [4.78, 5) is 12.7. The van der Waals surface area contributed by atoms with Crippen LogP contribution >= 0.6 is 11.6 Å². The first-order valence-corrected chi connectivity index (χ1v) is 10.7. The predicted octanol–water partition coefficient (Wildman–Crippen LogP) is 2.50. The third-order valence-electron chi connectivity index (χ3n) is 4.81. The third-order valence-corrected chi connectivity index (χ3v) is 7.01. The average molecular weight is 451 g/mol. The number of halogens is 2. The second kappa shape index (κ2) is 7.21. The van der Waals surface area contributed by atoms with Crippen molar-refractivity contribution < 1.29 is 22.3 Å². The number of anilines is 1. The Morgan fingerprint density at radius 3 is 2.77 bits per heavy atom. The quantitative estimate of drug-likeness (QED) is 0.726. The number of nitriles is 1. The fraction of sp³-hybridized carbons (Fsp3) is 0.263. The van der Waals surface area contributed by atoms with Gasteiger partial charge in [0.2, 0.25) is 10.0 Å². The van der Waals surface area contributed by atoms with Gasteiger partial charge in [-0.1, -0.05) is 17.7 Å². The number of nitrogens with one attached hydrogen (secondary N) is 2. The Labute approximate surface area is 176 Å². The molecule has 1 saturated heterocycles. The molecule has 30 heavy (non-hydrogen) atoms. The lowest BCUT2D eigenvalue weighted by molar-refractivity contribution is -0.0523. The first kappa shape index (κ1) is 20.6. The number of ether oxygens (including phenoxy) is 1. The summed E-state index contributed by atoms with van der Waals surface area (Å²) in [5, 5.41) is 11.3. The van der Waals surface area contributed by atoms with Gasteiger partial charge in [-0.2, -0.15) is 5.26 Å². The van der Waals surface area contributed by atoms with Gasteiger partial charge in [-0.3, -0.25) is 4.79 Å². The van der Waals surface area contributed by atoms with E-state index in [-0.39, 0.29) is 46.6 Å². The van der Waals surface area contributed by atoms with Crippen LogP contribution in [-0.4, -0.2) is 37.6 Å². The van der Waals surface area contributed by atoms with Gasteiger partial charge in [-0.25, -0.2) is 17.5 Å². The molecule has 0 spiro atoms. The summed E-state index contributed by atoms with van der Waals surface area (Å²) >= 11 is 6.39. The molecule has 4 rings (SSSR count). The van der Waals surface area contributed by atoms with E-state index in [1.807, 2.05) is 0 Å². The SMILES string of the molecule is CC1(NS(=O)(=O)c2c(Cl)c(C(=O)Nc3ccc(F)c(C#N)c3)n3c2C=CC3)COC1. The Bertz CT molecular complexity index is 1240. The normalized spacial score (nSPS) is 16.6. The summed E-state index contributed by atoms with van der Waals surface area (Å²) in [5.41, 5.74) is -0.557. The van der Waals surface area contributed by atoms with Crippen molar-refractivity contribution in [3.63, 3.8) is 0 Å². The van der Waals surface area contributed by atoms with E-state index in [0.29, 0.717) is 5.69 Å². The van der Waals surface area contributed by atoms with Crippen LogP contribution in [-0.2, 0) is 21.3 Å². The molecule has 2 N–H and O–H groups in total. The smallest absolute Gasteiger partial charge is 0.273 e. The van der Waals surface area contributed by atoms with Crippen molar-refractivity contribution in [3.8, 4) is 6.07 Å². The highest BCUT2D eigenvalue weighted by Gasteiger charge is 2.41. The van der Waals surface area contributed by atoms with Gasteiger partial charge in [0.15, 0.2) is 0 Å². The van der Waals surface area contributed by atoms with Crippen molar-refractivity contribution in [2.75, 3.05) is 18.5 Å². The number of allylic oxidation sites excluding steroid dienone is 1. The van der Waals surface area contributed by atoms with E-state index >= 15 is 0 Å². The molecule has 2 aliphatic heterocycles. The van der Waals surface area contributed by atoms with Gasteiger partial charge in [-0.05, 0) is 31.2 Å². The Hall–Kier alpha value is -2.71. The molecule has 2 aromatic rings. The van der Waals surface area contributed by atoms with Crippen molar-refractivity contribution in [1.82, 2.24) is 9.29 Å². The number of rotatable bonds is 5. The van der Waals surface area contributed by atoms with Crippen molar-refractivity contribution in [2.45, 2.75) is 23.9 Å². The number of sulfonamides is 1. The molecule has 0 radical (unpaired) electrons. The number of hydrogen-bond acceptors (Lipinski definition) is 5. The molecule has 2 aliphatic rings. The third kappa shape index (κ3) is 3.40. The monoisotopic (exact) mass is 450 g/mol. The van der Waals surface area contributed by atoms with Crippen LogP contribution in [0.5, 0.6) is 0 Å². The molecule has 1 aromatic carbocycles. The van der Waals surface area contributed by atoms with Crippen LogP contribution in [0.2, 0.25) is 5.02 Å². The minimum atomic E-state index is -4.04. The van der Waals surface area contributed by atoms with Gasteiger partial charge in [0.1, 0.15) is 22.5 Å². The fourth-order valence-corrected chi connectivity index (χ4v) is 5.65. The van der Waals surface area contributed by atoms with E-state index < -0.39 is 27.3 Å². The van der Waals surface area contributed by atoms with Crippen LogP contribution in [0.15, 0.2) is 29.2 Å². The highest BCUT2D eigenvalue weighted by molar-refractivity contribution is 7.89. The first-order chi connectivity index (χ1) is 14.1. The number of amides is 1. The minimum Gasteiger partial charge on any atom is -0.377 e. The number of nitrogens with zero attached hydrogens (tertiary/aromatic N) is 2. The van der Waals surface area contributed by atoms with Gasteiger partial charge < -0.3 is 14.6 Å². The number of carbonyl (C=O) groups excluding carboxylic acids is 1. The summed E-state index contributed by atoms with van der Waals surface area (Å²) in [5.74, 6) is -1.39. The van der Waals surface area contributed by atoms with Gasteiger partial charge in [0, 0.05) is 12.2 Å². The number of hydrogen-bond donors (Lipinski definition) is 2. The number of benzene rings is 1. The van der Waals surface area contributed by atoms with Crippen LogP contribution in [0.25, 0.3) is 6.08 Å². The van der Waals surface area contributed by atoms with Crippen molar-refractivity contribution in [1.29, 1.82) is 5.26 Å². The average Bonchev–Trinajstić information content (AvgIpc) is 3.20. The highest BCUT2D eigenvalue weighted by atomic mass is 35.5. The molecule has 1 aromatic heterocycles. The summed E-state index contributed by atoms with van der Waals surface area (Å²) in [6, 6.07) is 5.23. The van der Waals surface area contributed by atoms with E-state index in [1.165, 1.54) is 16.7 Å². The topological polar surface area (TPSA) is 113 Å². The molecule has 0 unspecified atom stereocenters. The molecule has 0 bridgehead atoms. The van der Waals surface area contributed by atoms with Crippen molar-refractivity contribution in [2.24, 2.45) is 0 Å². The van der Waals surface area contributed by atoms with Crippen LogP contribution in [0.3, 0.4) is 0 Å². The molecule has 0 saturated carbocycles. The zero-order valence-corrected chi connectivity index (χ0v) is 17.3. The number of aromatic nitrogens is 1. The van der Waals surface area contributed by atoms with Crippen molar-refractivity contribution >= 4 is 39.3 Å². The summed E-state index contributed by atoms with van der Waals surface area (Å²) < 4.78 is 48.7. The van der Waals surface area contributed by atoms with Crippen LogP contribution < -0.4 is 10.0 Å². The van der Waals surface area contributed by atoms with Crippen LogP contribution in [0.1, 0.15) is 28.7 Å². The minimum absolute atomic E-state index is 0.0464. The van der Waals surface area contributed by atoms with E-state index in [0.717, 1.165) is 6.07 Å². The standard InChI is InChI=1S/C19H16ClFN4O4S/c1-19(9-29-10-19)24-30(27,28)17-14-3-2-6-25(14)16(15(17)20)18(26)23-12-4-5-13(21)11(7-12)8-22/h2-5,7,24H,6,9-10H2,1H3,(H,23,26). The molecular weight excluding hydrogens is 435 g/mol. The second-order valence-corrected chi connectivity index (χ2v) is 9.31. The lowest BCUT2D eigenvalue weighted by atomic mass is 10.0. The molecule has 0 atom stereocenters. The maximum absolute atomic E-state index is 13.5. The zero-order valence-electron chi connectivity index (χ0n) is 15.7. The molecule has 11 heteroatoms. The Balaban J connectivity index is 1.71. The largest absolute Gasteiger partial charge is 0.377 e. The molecule has 1 amide bonds. The predicted molar refractivity (Wildman–Crippen MR) is 107 cm³/mol. The van der Waals surface area contributed by atoms with E-state index in [2.05, 4.69) is 10.0 Å². The van der Waals surface area contributed by atoms with Crippen LogP contribution in [0, 0.1) is 17.1 Å². The van der Waals surface area contributed by atoms with Gasteiger partial charge in [-0.15, -0.1) is 0 Å².